The quantitative estimate of drug-likeness (QED) is 0.771. The number of hydrogen-bond acceptors (Lipinski definition) is 3. The second kappa shape index (κ2) is 5.15. The molecular weight excluding hydrogens is 338 g/mol. The van der Waals surface area contributed by atoms with Crippen molar-refractivity contribution in [3.8, 4) is 0 Å². The number of rotatable bonds is 2. The Labute approximate surface area is 130 Å². The summed E-state index contributed by atoms with van der Waals surface area (Å²) in [7, 11) is 0. The van der Waals surface area contributed by atoms with Gasteiger partial charge in [0.25, 0.3) is 0 Å². The minimum Gasteiger partial charge on any atom is -0.380 e. The van der Waals surface area contributed by atoms with Crippen molar-refractivity contribution in [2.24, 2.45) is 5.41 Å². The Morgan fingerprint density at radius 2 is 2.05 bits per heavy atom. The van der Waals surface area contributed by atoms with Crippen molar-refractivity contribution in [1.82, 2.24) is 9.97 Å². The number of thioether (sulfide) groups is 1. The van der Waals surface area contributed by atoms with Crippen molar-refractivity contribution in [1.29, 1.82) is 0 Å². The molecule has 1 fully saturated rings. The maximum Gasteiger partial charge on any atom is 0.323 e. The van der Waals surface area contributed by atoms with E-state index in [4.69, 9.17) is 0 Å². The lowest BCUT2D eigenvalue weighted by molar-refractivity contribution is 0.305. The van der Waals surface area contributed by atoms with Crippen LogP contribution in [-0.4, -0.2) is 27.5 Å². The fourth-order valence-electron chi connectivity index (χ4n) is 2.53. The van der Waals surface area contributed by atoms with E-state index in [0.29, 0.717) is 6.04 Å². The Hall–Kier alpha value is -0.880. The standard InChI is InChI=1S/C14H18BrN3OS/c1-14(2)3-4-20-7-12(14)16-9-6-11-10(5-8(9)15)17-13(19)18-11/h5-6,12,16H,3-4,7H2,1-2H3,(H2,17,18,19). The Morgan fingerprint density at radius 3 is 2.75 bits per heavy atom. The van der Waals surface area contributed by atoms with Gasteiger partial charge in [0.05, 0.1) is 16.7 Å². The summed E-state index contributed by atoms with van der Waals surface area (Å²) in [6.45, 7) is 4.63. The molecule has 0 radical (unpaired) electrons. The highest BCUT2D eigenvalue weighted by Gasteiger charge is 2.32. The molecule has 0 saturated carbocycles. The number of nitrogens with one attached hydrogen (secondary N) is 3. The fourth-order valence-corrected chi connectivity index (χ4v) is 4.59. The van der Waals surface area contributed by atoms with Crippen LogP contribution in [0.15, 0.2) is 21.4 Å². The van der Waals surface area contributed by atoms with Gasteiger partial charge in [-0.2, -0.15) is 11.8 Å². The third-order valence-electron chi connectivity index (χ3n) is 4.05. The van der Waals surface area contributed by atoms with E-state index in [-0.39, 0.29) is 11.1 Å². The molecule has 1 atom stereocenters. The number of fused-ring (bicyclic) bond motifs is 1. The average molecular weight is 356 g/mol. The van der Waals surface area contributed by atoms with Crippen molar-refractivity contribution >= 4 is 44.4 Å². The predicted molar refractivity (Wildman–Crippen MR) is 89.8 cm³/mol. The molecule has 1 aliphatic heterocycles. The van der Waals surface area contributed by atoms with Gasteiger partial charge in [-0.3, -0.25) is 0 Å². The van der Waals surface area contributed by atoms with Crippen LogP contribution in [0.4, 0.5) is 5.69 Å². The van der Waals surface area contributed by atoms with Gasteiger partial charge in [-0.15, -0.1) is 0 Å². The van der Waals surface area contributed by atoms with Crippen LogP contribution >= 0.6 is 27.7 Å². The van der Waals surface area contributed by atoms with E-state index in [1.54, 1.807) is 0 Å². The number of hydrogen-bond donors (Lipinski definition) is 3. The van der Waals surface area contributed by atoms with Crippen molar-refractivity contribution in [2.45, 2.75) is 26.3 Å². The highest BCUT2D eigenvalue weighted by Crippen LogP contribution is 2.37. The molecule has 108 valence electrons. The number of aromatic nitrogens is 2. The van der Waals surface area contributed by atoms with Gasteiger partial charge in [-0.25, -0.2) is 4.79 Å². The minimum atomic E-state index is -0.169. The number of halogens is 1. The van der Waals surface area contributed by atoms with E-state index in [1.165, 1.54) is 12.2 Å². The van der Waals surface area contributed by atoms with Gasteiger partial charge in [0.15, 0.2) is 0 Å². The zero-order valence-electron chi connectivity index (χ0n) is 11.5. The molecule has 0 aliphatic carbocycles. The topological polar surface area (TPSA) is 60.7 Å². The summed E-state index contributed by atoms with van der Waals surface area (Å²) >= 11 is 5.58. The summed E-state index contributed by atoms with van der Waals surface area (Å²) in [6.07, 6.45) is 1.22. The van der Waals surface area contributed by atoms with Crippen LogP contribution in [0.2, 0.25) is 0 Å². The SMILES string of the molecule is CC1(C)CCSCC1Nc1cc2[nH]c(=O)[nH]c2cc1Br. The van der Waals surface area contributed by atoms with Gasteiger partial charge < -0.3 is 15.3 Å². The number of imidazole rings is 1. The zero-order chi connectivity index (χ0) is 14.3. The highest BCUT2D eigenvalue weighted by atomic mass is 79.9. The normalized spacial score (nSPS) is 22.1. The average Bonchev–Trinajstić information content (AvgIpc) is 2.71. The zero-order valence-corrected chi connectivity index (χ0v) is 14.0. The summed E-state index contributed by atoms with van der Waals surface area (Å²) < 4.78 is 0.978. The first kappa shape index (κ1) is 14.1. The highest BCUT2D eigenvalue weighted by molar-refractivity contribution is 9.10. The number of aromatic amines is 2. The molecule has 1 aliphatic rings. The molecule has 20 heavy (non-hydrogen) atoms. The first-order valence-corrected chi connectivity index (χ1v) is 8.66. The van der Waals surface area contributed by atoms with Crippen LogP contribution in [0.1, 0.15) is 20.3 Å². The molecular formula is C14H18BrN3OS. The second-order valence-corrected chi connectivity index (χ2v) is 7.97. The Morgan fingerprint density at radius 1 is 1.35 bits per heavy atom. The van der Waals surface area contributed by atoms with Gasteiger partial charge >= 0.3 is 5.69 Å². The largest absolute Gasteiger partial charge is 0.380 e. The van der Waals surface area contributed by atoms with Crippen molar-refractivity contribution in [3.63, 3.8) is 0 Å². The monoisotopic (exact) mass is 355 g/mol. The lowest BCUT2D eigenvalue weighted by Gasteiger charge is -2.39. The Balaban J connectivity index is 1.93. The summed E-state index contributed by atoms with van der Waals surface area (Å²) in [5, 5.41) is 3.64. The summed E-state index contributed by atoms with van der Waals surface area (Å²) in [6, 6.07) is 4.37. The van der Waals surface area contributed by atoms with E-state index >= 15 is 0 Å². The van der Waals surface area contributed by atoms with Crippen LogP contribution in [0.3, 0.4) is 0 Å². The van der Waals surface area contributed by atoms with Gasteiger partial charge in [-0.05, 0) is 45.7 Å². The third-order valence-corrected chi connectivity index (χ3v) is 5.77. The van der Waals surface area contributed by atoms with Crippen molar-refractivity contribution < 1.29 is 0 Å². The molecule has 1 saturated heterocycles. The summed E-state index contributed by atoms with van der Waals surface area (Å²) in [5.41, 5.74) is 2.81. The number of H-pyrrole nitrogens is 2. The number of anilines is 1. The molecule has 3 rings (SSSR count). The lowest BCUT2D eigenvalue weighted by atomic mass is 9.82. The van der Waals surface area contributed by atoms with Gasteiger partial charge in [-0.1, -0.05) is 13.8 Å². The van der Waals surface area contributed by atoms with Gasteiger partial charge in [0.2, 0.25) is 0 Å². The minimum absolute atomic E-state index is 0.169. The predicted octanol–water partition coefficient (Wildman–Crippen LogP) is 3.56. The molecule has 1 aromatic heterocycles. The Bertz CT molecular complexity index is 691. The summed E-state index contributed by atoms with van der Waals surface area (Å²) in [4.78, 5) is 16.9. The van der Waals surface area contributed by atoms with E-state index in [9.17, 15) is 4.79 Å². The molecule has 1 aromatic carbocycles. The van der Waals surface area contributed by atoms with E-state index < -0.39 is 0 Å². The van der Waals surface area contributed by atoms with Crippen LogP contribution in [0.5, 0.6) is 0 Å². The molecule has 1 unspecified atom stereocenters. The first-order chi connectivity index (χ1) is 9.45. The van der Waals surface area contributed by atoms with Crippen molar-refractivity contribution in [2.75, 3.05) is 16.8 Å². The Kier molecular flexibility index (Phi) is 3.62. The molecule has 6 heteroatoms. The third kappa shape index (κ3) is 2.63. The molecule has 3 N–H and O–H groups in total. The first-order valence-electron chi connectivity index (χ1n) is 6.71. The van der Waals surface area contributed by atoms with E-state index in [1.807, 2.05) is 23.9 Å². The van der Waals surface area contributed by atoms with Gasteiger partial charge in [0.1, 0.15) is 0 Å². The fraction of sp³-hybridized carbons (Fsp3) is 0.500. The molecule has 4 nitrogen and oxygen atoms in total. The maximum absolute atomic E-state index is 11.4. The van der Waals surface area contributed by atoms with Crippen LogP contribution in [-0.2, 0) is 0 Å². The van der Waals surface area contributed by atoms with E-state index in [0.717, 1.165) is 26.9 Å². The summed E-state index contributed by atoms with van der Waals surface area (Å²) in [5.74, 6) is 2.34. The van der Waals surface area contributed by atoms with Gasteiger partial charge in [0, 0.05) is 16.3 Å². The maximum atomic E-state index is 11.4. The molecule has 2 heterocycles. The van der Waals surface area contributed by atoms with Crippen LogP contribution in [0.25, 0.3) is 11.0 Å². The van der Waals surface area contributed by atoms with Crippen LogP contribution in [0, 0.1) is 5.41 Å². The van der Waals surface area contributed by atoms with Crippen molar-refractivity contribution in [3.05, 3.63) is 27.1 Å². The molecule has 0 spiro atoms. The molecule has 0 bridgehead atoms. The molecule has 0 amide bonds. The smallest absolute Gasteiger partial charge is 0.323 e. The molecule has 2 aromatic rings. The van der Waals surface area contributed by atoms with Crippen LogP contribution < -0.4 is 11.0 Å². The number of benzene rings is 1. The van der Waals surface area contributed by atoms with E-state index in [2.05, 4.69) is 45.1 Å². The lowest BCUT2D eigenvalue weighted by Crippen LogP contribution is -2.41. The second-order valence-electron chi connectivity index (χ2n) is 5.97.